The van der Waals surface area contributed by atoms with Crippen LogP contribution >= 0.6 is 12.2 Å². The summed E-state index contributed by atoms with van der Waals surface area (Å²) in [5.41, 5.74) is 4.58. The standard InChI is InChI=1S/C24H25FN4O2S/c1-15-6-4-7-18(14-15)22-27-23(31-28-22)20-16(2)29(12-5-13-30-3)24(32)26-21(20)17-8-10-19(25)11-9-17/h4,6-11,14,21H,5,12-13H2,1-3H3,(H,26,32). The molecule has 0 aliphatic carbocycles. The second-order valence-corrected chi connectivity index (χ2v) is 8.11. The zero-order valence-electron chi connectivity index (χ0n) is 18.3. The predicted molar refractivity (Wildman–Crippen MR) is 125 cm³/mol. The van der Waals surface area contributed by atoms with E-state index in [1.165, 1.54) is 12.1 Å². The van der Waals surface area contributed by atoms with Crippen LogP contribution < -0.4 is 5.32 Å². The number of thiocarbonyl (C=S) groups is 1. The lowest BCUT2D eigenvalue weighted by Crippen LogP contribution is -2.46. The lowest BCUT2D eigenvalue weighted by atomic mass is 9.94. The van der Waals surface area contributed by atoms with Crippen molar-refractivity contribution in [3.8, 4) is 11.4 Å². The molecule has 0 saturated heterocycles. The van der Waals surface area contributed by atoms with E-state index in [1.54, 1.807) is 19.2 Å². The number of benzene rings is 2. The third-order valence-electron chi connectivity index (χ3n) is 5.46. The molecule has 0 spiro atoms. The molecule has 0 radical (unpaired) electrons. The molecular formula is C24H25FN4O2S. The summed E-state index contributed by atoms with van der Waals surface area (Å²) >= 11 is 5.65. The van der Waals surface area contributed by atoms with Crippen LogP contribution in [0.5, 0.6) is 0 Å². The highest BCUT2D eigenvalue weighted by molar-refractivity contribution is 7.80. The molecule has 1 N–H and O–H groups in total. The second kappa shape index (κ2) is 9.58. The number of hydrogen-bond donors (Lipinski definition) is 1. The van der Waals surface area contributed by atoms with Crippen molar-refractivity contribution in [1.29, 1.82) is 0 Å². The highest BCUT2D eigenvalue weighted by atomic mass is 32.1. The van der Waals surface area contributed by atoms with Gasteiger partial charge in [-0.3, -0.25) is 0 Å². The number of ether oxygens (including phenoxy) is 1. The molecule has 8 heteroatoms. The zero-order chi connectivity index (χ0) is 22.7. The molecule has 1 aromatic heterocycles. The number of halogens is 1. The Bertz CT molecular complexity index is 1140. The van der Waals surface area contributed by atoms with E-state index in [-0.39, 0.29) is 11.9 Å². The lowest BCUT2D eigenvalue weighted by Gasteiger charge is -2.37. The van der Waals surface area contributed by atoms with Gasteiger partial charge in [0.1, 0.15) is 5.82 Å². The van der Waals surface area contributed by atoms with Gasteiger partial charge in [0.05, 0.1) is 11.6 Å². The van der Waals surface area contributed by atoms with Crippen LogP contribution in [0.1, 0.15) is 36.4 Å². The maximum absolute atomic E-state index is 13.6. The van der Waals surface area contributed by atoms with Gasteiger partial charge in [0, 0.05) is 31.5 Å². The van der Waals surface area contributed by atoms with Crippen LogP contribution in [0.4, 0.5) is 4.39 Å². The summed E-state index contributed by atoms with van der Waals surface area (Å²) in [5.74, 6) is 0.621. The first-order valence-electron chi connectivity index (χ1n) is 10.4. The average molecular weight is 453 g/mol. The number of hydrogen-bond acceptors (Lipinski definition) is 5. The lowest BCUT2D eigenvalue weighted by molar-refractivity contribution is 0.188. The topological polar surface area (TPSA) is 63.4 Å². The second-order valence-electron chi connectivity index (χ2n) is 7.72. The van der Waals surface area contributed by atoms with E-state index in [4.69, 9.17) is 26.5 Å². The van der Waals surface area contributed by atoms with Crippen molar-refractivity contribution in [1.82, 2.24) is 20.4 Å². The third-order valence-corrected chi connectivity index (χ3v) is 5.80. The van der Waals surface area contributed by atoms with E-state index in [9.17, 15) is 4.39 Å². The molecule has 32 heavy (non-hydrogen) atoms. The third kappa shape index (κ3) is 4.56. The van der Waals surface area contributed by atoms with Gasteiger partial charge in [-0.05, 0) is 56.2 Å². The van der Waals surface area contributed by atoms with Crippen LogP contribution in [0, 0.1) is 12.7 Å². The first-order chi connectivity index (χ1) is 15.5. The number of allylic oxidation sites excluding steroid dienone is 1. The summed E-state index contributed by atoms with van der Waals surface area (Å²) in [6.07, 6.45) is 0.808. The SMILES string of the molecule is COCCCN1C(=S)NC(c2ccc(F)cc2)C(c2nc(-c3cccc(C)c3)no2)=C1C. The van der Waals surface area contributed by atoms with Gasteiger partial charge in [0.2, 0.25) is 5.82 Å². The first kappa shape index (κ1) is 22.1. The van der Waals surface area contributed by atoms with Crippen LogP contribution in [-0.4, -0.2) is 40.4 Å². The van der Waals surface area contributed by atoms with Gasteiger partial charge in [0.15, 0.2) is 5.11 Å². The monoisotopic (exact) mass is 452 g/mol. The minimum atomic E-state index is -0.340. The molecule has 166 valence electrons. The molecule has 1 atom stereocenters. The molecule has 1 aliphatic heterocycles. The molecule has 0 amide bonds. The maximum atomic E-state index is 13.6. The fourth-order valence-corrected chi connectivity index (χ4v) is 4.18. The van der Waals surface area contributed by atoms with Crippen LogP contribution in [0.25, 0.3) is 17.0 Å². The summed E-state index contributed by atoms with van der Waals surface area (Å²) in [5, 5.41) is 8.19. The summed E-state index contributed by atoms with van der Waals surface area (Å²) in [4.78, 5) is 6.71. The van der Waals surface area contributed by atoms with Crippen molar-refractivity contribution in [3.63, 3.8) is 0 Å². The molecule has 1 aliphatic rings. The molecule has 2 heterocycles. The molecular weight excluding hydrogens is 427 g/mol. The van der Waals surface area contributed by atoms with Crippen molar-refractivity contribution in [2.75, 3.05) is 20.3 Å². The Labute approximate surface area is 192 Å². The summed E-state index contributed by atoms with van der Waals surface area (Å²) < 4.78 is 24.5. The number of aromatic nitrogens is 2. The Kier molecular flexibility index (Phi) is 6.62. The molecule has 4 rings (SSSR count). The minimum absolute atomic E-state index is 0.296. The predicted octanol–water partition coefficient (Wildman–Crippen LogP) is 4.88. The van der Waals surface area contributed by atoms with Crippen LogP contribution in [-0.2, 0) is 4.74 Å². The first-order valence-corrected chi connectivity index (χ1v) is 10.8. The van der Waals surface area contributed by atoms with E-state index in [0.717, 1.165) is 34.4 Å². The van der Waals surface area contributed by atoms with E-state index in [0.29, 0.717) is 30.0 Å². The molecule has 3 aromatic rings. The highest BCUT2D eigenvalue weighted by Gasteiger charge is 2.33. The Morgan fingerprint density at radius 3 is 2.69 bits per heavy atom. The van der Waals surface area contributed by atoms with Crippen molar-refractivity contribution < 1.29 is 13.7 Å². The number of rotatable bonds is 7. The molecule has 6 nitrogen and oxygen atoms in total. The summed E-state index contributed by atoms with van der Waals surface area (Å²) in [6, 6.07) is 13.9. The average Bonchev–Trinajstić information content (AvgIpc) is 3.26. The Balaban J connectivity index is 1.77. The molecule has 0 fully saturated rings. The quantitative estimate of drug-likeness (QED) is 0.405. The number of nitrogens with one attached hydrogen (secondary N) is 1. The van der Waals surface area contributed by atoms with Crippen molar-refractivity contribution in [2.24, 2.45) is 0 Å². The molecule has 2 aromatic carbocycles. The minimum Gasteiger partial charge on any atom is -0.385 e. The van der Waals surface area contributed by atoms with Gasteiger partial charge in [0.25, 0.3) is 5.89 Å². The van der Waals surface area contributed by atoms with Crippen molar-refractivity contribution in [2.45, 2.75) is 26.3 Å². The smallest absolute Gasteiger partial charge is 0.258 e. The number of aryl methyl sites for hydroxylation is 1. The van der Waals surface area contributed by atoms with Gasteiger partial charge < -0.3 is 19.5 Å². The van der Waals surface area contributed by atoms with Gasteiger partial charge in [-0.15, -0.1) is 0 Å². The van der Waals surface area contributed by atoms with Gasteiger partial charge >= 0.3 is 0 Å². The van der Waals surface area contributed by atoms with Gasteiger partial charge in [-0.25, -0.2) is 4.39 Å². The largest absolute Gasteiger partial charge is 0.385 e. The fraction of sp³-hybridized carbons (Fsp3) is 0.292. The molecule has 1 unspecified atom stereocenters. The summed E-state index contributed by atoms with van der Waals surface area (Å²) in [7, 11) is 1.68. The van der Waals surface area contributed by atoms with Gasteiger partial charge in [-0.2, -0.15) is 4.98 Å². The molecule has 0 saturated carbocycles. The van der Waals surface area contributed by atoms with E-state index in [2.05, 4.69) is 10.5 Å². The van der Waals surface area contributed by atoms with Crippen molar-refractivity contribution >= 4 is 22.9 Å². The fourth-order valence-electron chi connectivity index (χ4n) is 3.83. The molecule has 0 bridgehead atoms. The number of methoxy groups -OCH3 is 1. The van der Waals surface area contributed by atoms with Crippen molar-refractivity contribution in [3.05, 3.63) is 77.1 Å². The number of nitrogens with zero attached hydrogens (tertiary/aromatic N) is 3. The Morgan fingerprint density at radius 2 is 1.97 bits per heavy atom. The van der Waals surface area contributed by atoms with Gasteiger partial charge in [-0.1, -0.05) is 41.1 Å². The summed E-state index contributed by atoms with van der Waals surface area (Å²) in [6.45, 7) is 5.32. The Morgan fingerprint density at radius 1 is 1.19 bits per heavy atom. The Hall–Kier alpha value is -3.10. The zero-order valence-corrected chi connectivity index (χ0v) is 19.1. The van der Waals surface area contributed by atoms with E-state index in [1.807, 2.05) is 43.0 Å². The maximum Gasteiger partial charge on any atom is 0.258 e. The van der Waals surface area contributed by atoms with E-state index >= 15 is 0 Å². The highest BCUT2D eigenvalue weighted by Crippen LogP contribution is 2.37. The van der Waals surface area contributed by atoms with Crippen LogP contribution in [0.2, 0.25) is 0 Å². The van der Waals surface area contributed by atoms with E-state index < -0.39 is 0 Å². The van der Waals surface area contributed by atoms with Crippen LogP contribution in [0.15, 0.2) is 58.8 Å². The normalized spacial score (nSPS) is 16.4. The van der Waals surface area contributed by atoms with Crippen LogP contribution in [0.3, 0.4) is 0 Å².